The number of hydrogen-bond acceptors (Lipinski definition) is 3. The lowest BCUT2D eigenvalue weighted by Gasteiger charge is -2.34. The van der Waals surface area contributed by atoms with Crippen molar-refractivity contribution in [1.29, 1.82) is 0 Å². The maximum Gasteiger partial charge on any atom is 0.0820 e. The first-order valence-corrected chi connectivity index (χ1v) is 6.26. The molecule has 1 aromatic heterocycles. The summed E-state index contributed by atoms with van der Waals surface area (Å²) in [6.45, 7) is 9.21. The Labute approximate surface area is 96.7 Å². The molecule has 0 fully saturated rings. The Bertz CT molecular complexity index is 306. The van der Waals surface area contributed by atoms with Crippen molar-refractivity contribution < 1.29 is 4.74 Å². The Morgan fingerprint density at radius 2 is 2.20 bits per heavy atom. The molecule has 1 unspecified atom stereocenters. The molecule has 86 valence electrons. The van der Waals surface area contributed by atoms with E-state index < -0.39 is 0 Å². The fourth-order valence-corrected chi connectivity index (χ4v) is 2.77. The minimum atomic E-state index is -0.171. The van der Waals surface area contributed by atoms with Crippen LogP contribution in [0.15, 0.2) is 11.4 Å². The minimum Gasteiger partial charge on any atom is -0.374 e. The average Bonchev–Trinajstić information content (AvgIpc) is 2.53. The average molecular weight is 227 g/mol. The molecule has 0 aliphatic rings. The highest BCUT2D eigenvalue weighted by Gasteiger charge is 2.31. The summed E-state index contributed by atoms with van der Waals surface area (Å²) in [7, 11) is 1.99. The number of likely N-dealkylation sites (N-methyl/N-ethyl adjacent to an activating group) is 1. The normalized spacial score (nSPS) is 14.2. The molecule has 1 N–H and O–H groups in total. The monoisotopic (exact) mass is 227 g/mol. The van der Waals surface area contributed by atoms with E-state index in [0.29, 0.717) is 0 Å². The molecular weight excluding hydrogens is 206 g/mol. The quantitative estimate of drug-likeness (QED) is 0.834. The Morgan fingerprint density at radius 1 is 1.53 bits per heavy atom. The van der Waals surface area contributed by atoms with E-state index >= 15 is 0 Å². The molecule has 1 aromatic rings. The second kappa shape index (κ2) is 5.10. The van der Waals surface area contributed by atoms with Crippen LogP contribution in [-0.2, 0) is 4.74 Å². The van der Waals surface area contributed by atoms with Gasteiger partial charge in [-0.05, 0) is 51.8 Å². The minimum absolute atomic E-state index is 0.171. The first-order chi connectivity index (χ1) is 7.03. The van der Waals surface area contributed by atoms with Crippen LogP contribution in [0.25, 0.3) is 0 Å². The van der Waals surface area contributed by atoms with Gasteiger partial charge < -0.3 is 10.1 Å². The smallest absolute Gasteiger partial charge is 0.0820 e. The number of nitrogens with one attached hydrogen (secondary N) is 1. The molecule has 1 rings (SSSR count). The summed E-state index contributed by atoms with van der Waals surface area (Å²) >= 11 is 1.79. The van der Waals surface area contributed by atoms with E-state index in [1.807, 2.05) is 14.0 Å². The summed E-state index contributed by atoms with van der Waals surface area (Å²) in [4.78, 5) is 1.36. The number of rotatable bonds is 5. The highest BCUT2D eigenvalue weighted by Crippen LogP contribution is 2.32. The van der Waals surface area contributed by atoms with Gasteiger partial charge in [-0.3, -0.25) is 0 Å². The molecule has 0 amide bonds. The molecule has 0 saturated heterocycles. The van der Waals surface area contributed by atoms with Crippen molar-refractivity contribution in [3.8, 4) is 0 Å². The van der Waals surface area contributed by atoms with Gasteiger partial charge in [-0.2, -0.15) is 0 Å². The van der Waals surface area contributed by atoms with Gasteiger partial charge in [0, 0.05) is 11.5 Å². The van der Waals surface area contributed by atoms with Crippen molar-refractivity contribution in [3.63, 3.8) is 0 Å². The maximum absolute atomic E-state index is 5.80. The molecule has 2 nitrogen and oxygen atoms in total. The Morgan fingerprint density at radius 3 is 2.60 bits per heavy atom. The van der Waals surface area contributed by atoms with E-state index in [1.54, 1.807) is 11.3 Å². The summed E-state index contributed by atoms with van der Waals surface area (Å²) in [5.41, 5.74) is 1.18. The van der Waals surface area contributed by atoms with Crippen LogP contribution in [-0.4, -0.2) is 19.3 Å². The third-order valence-corrected chi connectivity index (χ3v) is 3.57. The van der Waals surface area contributed by atoms with Gasteiger partial charge >= 0.3 is 0 Å². The summed E-state index contributed by atoms with van der Waals surface area (Å²) in [5.74, 6) is 0. The van der Waals surface area contributed by atoms with Crippen LogP contribution in [0, 0.1) is 6.92 Å². The molecule has 0 aliphatic carbocycles. The third kappa shape index (κ3) is 2.80. The van der Waals surface area contributed by atoms with Gasteiger partial charge in [-0.1, -0.05) is 0 Å². The Balaban J connectivity index is 2.93. The topological polar surface area (TPSA) is 21.3 Å². The van der Waals surface area contributed by atoms with Gasteiger partial charge in [0.15, 0.2) is 0 Å². The van der Waals surface area contributed by atoms with E-state index in [0.717, 1.165) is 6.61 Å². The van der Waals surface area contributed by atoms with Crippen molar-refractivity contribution in [2.45, 2.75) is 39.3 Å². The van der Waals surface area contributed by atoms with Gasteiger partial charge in [-0.15, -0.1) is 11.3 Å². The second-order valence-corrected chi connectivity index (χ2v) is 5.31. The van der Waals surface area contributed by atoms with Crippen molar-refractivity contribution in [1.82, 2.24) is 5.32 Å². The lowest BCUT2D eigenvalue weighted by molar-refractivity contribution is -0.0375. The Kier molecular flexibility index (Phi) is 4.32. The molecule has 1 atom stereocenters. The highest BCUT2D eigenvalue weighted by molar-refractivity contribution is 7.10. The predicted octanol–water partition coefficient (Wildman–Crippen LogP) is 3.13. The number of thiophene rings is 1. The molecule has 3 heteroatoms. The summed E-state index contributed by atoms with van der Waals surface area (Å²) in [6, 6.07) is 2.44. The molecule has 15 heavy (non-hydrogen) atoms. The van der Waals surface area contributed by atoms with Crippen molar-refractivity contribution >= 4 is 11.3 Å². The molecule has 0 saturated carbocycles. The zero-order valence-corrected chi connectivity index (χ0v) is 11.1. The van der Waals surface area contributed by atoms with E-state index in [9.17, 15) is 0 Å². The van der Waals surface area contributed by atoms with Crippen LogP contribution in [0.4, 0.5) is 0 Å². The number of ether oxygens (including phenoxy) is 1. The van der Waals surface area contributed by atoms with Gasteiger partial charge in [0.2, 0.25) is 0 Å². The van der Waals surface area contributed by atoms with Gasteiger partial charge in [-0.25, -0.2) is 0 Å². The van der Waals surface area contributed by atoms with Crippen LogP contribution >= 0.6 is 11.3 Å². The van der Waals surface area contributed by atoms with Crippen molar-refractivity contribution in [2.75, 3.05) is 13.7 Å². The maximum atomic E-state index is 5.80. The summed E-state index contributed by atoms with van der Waals surface area (Å²) in [5, 5.41) is 5.49. The molecule has 1 heterocycles. The third-order valence-electron chi connectivity index (χ3n) is 2.71. The molecular formula is C12H21NOS. The number of hydrogen-bond donors (Lipinski definition) is 1. The largest absolute Gasteiger partial charge is 0.374 e. The van der Waals surface area contributed by atoms with Crippen LogP contribution in [0.2, 0.25) is 0 Å². The van der Waals surface area contributed by atoms with E-state index in [4.69, 9.17) is 4.74 Å². The van der Waals surface area contributed by atoms with Crippen LogP contribution in [0.1, 0.15) is 37.3 Å². The van der Waals surface area contributed by atoms with Gasteiger partial charge in [0.1, 0.15) is 0 Å². The van der Waals surface area contributed by atoms with Crippen LogP contribution < -0.4 is 5.32 Å². The molecule has 0 aliphatic heterocycles. The highest BCUT2D eigenvalue weighted by atomic mass is 32.1. The Hall–Kier alpha value is -0.380. The zero-order valence-electron chi connectivity index (χ0n) is 10.3. The van der Waals surface area contributed by atoms with Gasteiger partial charge in [0.25, 0.3) is 0 Å². The standard InChI is InChI=1S/C12H21NOS/c1-6-14-12(3,4)11(13-5)10-7-8-15-9(10)2/h7-8,11,13H,6H2,1-5H3. The molecule has 0 spiro atoms. The first kappa shape index (κ1) is 12.7. The second-order valence-electron chi connectivity index (χ2n) is 4.19. The van der Waals surface area contributed by atoms with Gasteiger partial charge in [0.05, 0.1) is 11.6 Å². The molecule has 0 bridgehead atoms. The lowest BCUT2D eigenvalue weighted by atomic mass is 9.92. The SMILES string of the molecule is CCOC(C)(C)C(NC)c1ccsc1C. The van der Waals surface area contributed by atoms with Crippen LogP contribution in [0.3, 0.4) is 0 Å². The number of aryl methyl sites for hydroxylation is 1. The zero-order chi connectivity index (χ0) is 11.5. The fourth-order valence-electron chi connectivity index (χ4n) is 2.03. The van der Waals surface area contributed by atoms with Crippen molar-refractivity contribution in [3.05, 3.63) is 21.9 Å². The van der Waals surface area contributed by atoms with E-state index in [-0.39, 0.29) is 11.6 Å². The van der Waals surface area contributed by atoms with E-state index in [2.05, 4.69) is 37.5 Å². The van der Waals surface area contributed by atoms with E-state index in [1.165, 1.54) is 10.4 Å². The summed E-state index contributed by atoms with van der Waals surface area (Å²) in [6.07, 6.45) is 0. The predicted molar refractivity (Wildman–Crippen MR) is 66.6 cm³/mol. The first-order valence-electron chi connectivity index (χ1n) is 5.38. The van der Waals surface area contributed by atoms with Crippen LogP contribution in [0.5, 0.6) is 0 Å². The fraction of sp³-hybridized carbons (Fsp3) is 0.667. The van der Waals surface area contributed by atoms with Crippen molar-refractivity contribution in [2.24, 2.45) is 0 Å². The molecule has 0 aromatic carbocycles. The summed E-state index contributed by atoms with van der Waals surface area (Å²) < 4.78 is 5.80. The molecule has 0 radical (unpaired) electrons. The lowest BCUT2D eigenvalue weighted by Crippen LogP contribution is -2.40.